The molecule has 0 amide bonds. The summed E-state index contributed by atoms with van der Waals surface area (Å²) in [4.78, 5) is 6.50. The van der Waals surface area contributed by atoms with Gasteiger partial charge in [-0.3, -0.25) is 14.6 Å². The maximum atomic E-state index is 13.1. The van der Waals surface area contributed by atoms with Gasteiger partial charge in [0.2, 0.25) is 0 Å². The standard InChI is InChI=1S/C19H25N5O3S/c1-22-18(10-17(21-22)15-2-6-20-7-3-15)28(25,26)24-13-19(14-24)11-23(12-19)16-4-8-27-9-5-16/h2-3,6-7,10,16H,4-5,8-9,11-14H2,1H3. The van der Waals surface area contributed by atoms with E-state index in [9.17, 15) is 8.42 Å². The molecule has 28 heavy (non-hydrogen) atoms. The first kappa shape index (κ1) is 18.2. The van der Waals surface area contributed by atoms with Crippen LogP contribution in [0.4, 0.5) is 0 Å². The third-order valence-corrected chi connectivity index (χ3v) is 8.07. The highest BCUT2D eigenvalue weighted by molar-refractivity contribution is 7.89. The van der Waals surface area contributed by atoms with Gasteiger partial charge in [-0.1, -0.05) is 0 Å². The predicted molar refractivity (Wildman–Crippen MR) is 103 cm³/mol. The molecule has 0 saturated carbocycles. The lowest BCUT2D eigenvalue weighted by Crippen LogP contribution is -2.74. The van der Waals surface area contributed by atoms with Gasteiger partial charge in [-0.15, -0.1) is 0 Å². The molecule has 0 aromatic carbocycles. The van der Waals surface area contributed by atoms with Crippen LogP contribution in [-0.2, 0) is 21.8 Å². The number of aryl methyl sites for hydroxylation is 1. The Balaban J connectivity index is 1.26. The maximum absolute atomic E-state index is 13.1. The highest BCUT2D eigenvalue weighted by Gasteiger charge is 2.56. The van der Waals surface area contributed by atoms with Crippen LogP contribution < -0.4 is 0 Å². The smallest absolute Gasteiger partial charge is 0.260 e. The molecule has 0 atom stereocenters. The largest absolute Gasteiger partial charge is 0.381 e. The van der Waals surface area contributed by atoms with E-state index in [0.717, 1.165) is 44.7 Å². The van der Waals surface area contributed by atoms with Crippen LogP contribution in [0.25, 0.3) is 11.3 Å². The lowest BCUT2D eigenvalue weighted by molar-refractivity contribution is -0.116. The molecule has 150 valence electrons. The average molecular weight is 404 g/mol. The second-order valence-electron chi connectivity index (χ2n) is 8.25. The van der Waals surface area contributed by atoms with Crippen molar-refractivity contribution < 1.29 is 13.2 Å². The number of likely N-dealkylation sites (tertiary alicyclic amines) is 1. The summed E-state index contributed by atoms with van der Waals surface area (Å²) in [7, 11) is -1.85. The number of rotatable bonds is 4. The lowest BCUT2D eigenvalue weighted by Gasteiger charge is -2.61. The highest BCUT2D eigenvalue weighted by Crippen LogP contribution is 2.44. The summed E-state index contributed by atoms with van der Waals surface area (Å²) in [6, 6.07) is 5.92. The van der Waals surface area contributed by atoms with Crippen LogP contribution in [0.5, 0.6) is 0 Å². The molecule has 2 aromatic heterocycles. The summed E-state index contributed by atoms with van der Waals surface area (Å²) < 4.78 is 34.7. The molecule has 3 fully saturated rings. The zero-order valence-corrected chi connectivity index (χ0v) is 16.8. The van der Waals surface area contributed by atoms with Crippen LogP contribution in [0.15, 0.2) is 35.6 Å². The van der Waals surface area contributed by atoms with Crippen molar-refractivity contribution in [2.24, 2.45) is 12.5 Å². The van der Waals surface area contributed by atoms with E-state index in [0.29, 0.717) is 24.8 Å². The molecule has 9 heteroatoms. The van der Waals surface area contributed by atoms with Crippen LogP contribution >= 0.6 is 0 Å². The normalized spacial score (nSPS) is 23.5. The van der Waals surface area contributed by atoms with Crippen molar-refractivity contribution in [2.45, 2.75) is 23.9 Å². The zero-order valence-electron chi connectivity index (χ0n) is 16.0. The van der Waals surface area contributed by atoms with Crippen LogP contribution in [0.2, 0.25) is 0 Å². The summed E-state index contributed by atoms with van der Waals surface area (Å²) in [6.07, 6.45) is 5.53. The molecule has 2 aromatic rings. The number of pyridine rings is 1. The molecule has 3 aliphatic rings. The van der Waals surface area contributed by atoms with Gasteiger partial charge >= 0.3 is 0 Å². The van der Waals surface area contributed by atoms with Crippen LogP contribution in [0, 0.1) is 5.41 Å². The van der Waals surface area contributed by atoms with Crippen molar-refractivity contribution in [1.29, 1.82) is 0 Å². The Morgan fingerprint density at radius 2 is 1.79 bits per heavy atom. The average Bonchev–Trinajstić information content (AvgIpc) is 3.04. The molecule has 0 aliphatic carbocycles. The number of nitrogens with zero attached hydrogens (tertiary/aromatic N) is 5. The molecular weight excluding hydrogens is 378 g/mol. The topological polar surface area (TPSA) is 80.6 Å². The van der Waals surface area contributed by atoms with E-state index in [-0.39, 0.29) is 10.4 Å². The molecule has 3 saturated heterocycles. The Morgan fingerprint density at radius 3 is 2.46 bits per heavy atom. The molecule has 8 nitrogen and oxygen atoms in total. The highest BCUT2D eigenvalue weighted by atomic mass is 32.2. The van der Waals surface area contributed by atoms with E-state index in [1.165, 1.54) is 4.68 Å². The third kappa shape index (κ3) is 2.97. The van der Waals surface area contributed by atoms with Gasteiger partial charge in [0.1, 0.15) is 0 Å². The summed E-state index contributed by atoms with van der Waals surface area (Å²) in [6.45, 7) is 4.88. The maximum Gasteiger partial charge on any atom is 0.260 e. The number of sulfonamides is 1. The molecule has 0 bridgehead atoms. The van der Waals surface area contributed by atoms with Crippen molar-refractivity contribution in [3.05, 3.63) is 30.6 Å². The molecule has 0 N–H and O–H groups in total. The van der Waals surface area contributed by atoms with Crippen molar-refractivity contribution >= 4 is 10.0 Å². The van der Waals surface area contributed by atoms with Crippen molar-refractivity contribution in [3.8, 4) is 11.3 Å². The fourth-order valence-corrected chi connectivity index (χ4v) is 6.47. The first-order valence-corrected chi connectivity index (χ1v) is 11.2. The zero-order chi connectivity index (χ0) is 19.4. The van der Waals surface area contributed by atoms with Crippen LogP contribution in [-0.4, -0.2) is 77.8 Å². The van der Waals surface area contributed by atoms with Gasteiger partial charge in [0, 0.05) is 81.9 Å². The van der Waals surface area contributed by atoms with Gasteiger partial charge in [0.25, 0.3) is 10.0 Å². The van der Waals surface area contributed by atoms with E-state index in [1.54, 1.807) is 29.8 Å². The van der Waals surface area contributed by atoms with E-state index in [1.807, 2.05) is 12.1 Å². The Labute approximate surface area is 165 Å². The SMILES string of the molecule is Cn1nc(-c2ccncc2)cc1S(=O)(=O)N1CC2(CN(C3CCOCC3)C2)C1. The summed E-state index contributed by atoms with van der Waals surface area (Å²) >= 11 is 0. The van der Waals surface area contributed by atoms with Crippen molar-refractivity contribution in [3.63, 3.8) is 0 Å². The Kier molecular flexibility index (Phi) is 4.31. The fourth-order valence-electron chi connectivity index (χ4n) is 4.68. The first-order valence-electron chi connectivity index (χ1n) is 9.73. The van der Waals surface area contributed by atoms with E-state index < -0.39 is 10.0 Å². The van der Waals surface area contributed by atoms with Crippen LogP contribution in [0.1, 0.15) is 12.8 Å². The second-order valence-corrected chi connectivity index (χ2v) is 10.1. The Morgan fingerprint density at radius 1 is 1.11 bits per heavy atom. The van der Waals surface area contributed by atoms with Crippen molar-refractivity contribution in [1.82, 2.24) is 24.0 Å². The van der Waals surface area contributed by atoms with Gasteiger partial charge in [0.05, 0.1) is 5.69 Å². The minimum atomic E-state index is -3.53. The van der Waals surface area contributed by atoms with E-state index in [2.05, 4.69) is 15.0 Å². The minimum Gasteiger partial charge on any atom is -0.381 e. The Hall–Kier alpha value is -1.81. The molecule has 5 rings (SSSR count). The van der Waals surface area contributed by atoms with Crippen LogP contribution in [0.3, 0.4) is 0 Å². The quantitative estimate of drug-likeness (QED) is 0.757. The molecule has 5 heterocycles. The van der Waals surface area contributed by atoms with Gasteiger partial charge in [-0.2, -0.15) is 9.40 Å². The molecule has 0 unspecified atom stereocenters. The molecule has 0 radical (unpaired) electrons. The van der Waals surface area contributed by atoms with Gasteiger partial charge in [0.15, 0.2) is 5.03 Å². The second kappa shape index (κ2) is 6.62. The fraction of sp³-hybridized carbons (Fsp3) is 0.579. The summed E-state index contributed by atoms with van der Waals surface area (Å²) in [5.74, 6) is 0. The molecule has 3 aliphatic heterocycles. The number of aromatic nitrogens is 3. The minimum absolute atomic E-state index is 0.137. The van der Waals surface area contributed by atoms with Gasteiger partial charge in [-0.05, 0) is 25.0 Å². The number of hydrogen-bond donors (Lipinski definition) is 0. The monoisotopic (exact) mass is 403 g/mol. The van der Waals surface area contributed by atoms with Crippen molar-refractivity contribution in [2.75, 3.05) is 39.4 Å². The number of hydrogen-bond acceptors (Lipinski definition) is 6. The van der Waals surface area contributed by atoms with E-state index >= 15 is 0 Å². The van der Waals surface area contributed by atoms with Gasteiger partial charge < -0.3 is 4.74 Å². The van der Waals surface area contributed by atoms with E-state index in [4.69, 9.17) is 4.74 Å². The summed E-state index contributed by atoms with van der Waals surface area (Å²) in [5, 5.41) is 4.64. The Bertz CT molecular complexity index is 955. The number of ether oxygens (including phenoxy) is 1. The molecular formula is C19H25N5O3S. The van der Waals surface area contributed by atoms with Gasteiger partial charge in [-0.25, -0.2) is 8.42 Å². The third-order valence-electron chi connectivity index (χ3n) is 6.22. The summed E-state index contributed by atoms with van der Waals surface area (Å²) in [5.41, 5.74) is 1.64. The predicted octanol–water partition coefficient (Wildman–Crippen LogP) is 0.967. The first-order chi connectivity index (χ1) is 13.5. The lowest BCUT2D eigenvalue weighted by atomic mass is 9.73. The molecule has 1 spiro atoms.